The Morgan fingerprint density at radius 1 is 1.23 bits per heavy atom. The number of rotatable bonds is 7. The van der Waals surface area contributed by atoms with E-state index >= 15 is 0 Å². The van der Waals surface area contributed by atoms with Crippen molar-refractivity contribution in [2.45, 2.75) is 26.0 Å². The molecule has 0 aliphatic heterocycles. The highest BCUT2D eigenvalue weighted by Gasteiger charge is 2.19. The fourth-order valence-corrected chi connectivity index (χ4v) is 2.45. The van der Waals surface area contributed by atoms with Gasteiger partial charge in [0.25, 0.3) is 11.6 Å². The molecule has 0 aromatic heterocycles. The second-order valence-corrected chi connectivity index (χ2v) is 6.50. The van der Waals surface area contributed by atoms with Crippen molar-refractivity contribution in [2.24, 2.45) is 0 Å². The fraction of sp³-hybridized carbons (Fsp3) is 0.278. The minimum absolute atomic E-state index is 0.0695. The lowest BCUT2D eigenvalue weighted by atomic mass is 10.1. The van der Waals surface area contributed by atoms with E-state index in [9.17, 15) is 20.0 Å². The van der Waals surface area contributed by atoms with E-state index < -0.39 is 11.0 Å². The molecule has 2 aromatic rings. The molecule has 8 heteroatoms. The summed E-state index contributed by atoms with van der Waals surface area (Å²) in [5.74, 6) is -0.379. The van der Waals surface area contributed by atoms with Crippen molar-refractivity contribution in [3.63, 3.8) is 0 Å². The van der Waals surface area contributed by atoms with Crippen LogP contribution in [0.5, 0.6) is 0 Å². The number of carbonyl (C=O) groups is 1. The SMILES string of the molecule is CC(C)NC(=O)c1ccc(NCC(O)c2ccc(Cl)cc2)c([N+](=O)[O-])c1. The molecule has 0 fully saturated rings. The number of halogens is 1. The van der Waals surface area contributed by atoms with Gasteiger partial charge in [0.15, 0.2) is 0 Å². The van der Waals surface area contributed by atoms with Gasteiger partial charge in [-0.1, -0.05) is 23.7 Å². The number of aliphatic hydroxyl groups is 1. The van der Waals surface area contributed by atoms with E-state index in [0.717, 1.165) is 0 Å². The molecule has 0 bridgehead atoms. The second kappa shape index (κ2) is 8.64. The Morgan fingerprint density at radius 2 is 1.88 bits per heavy atom. The summed E-state index contributed by atoms with van der Waals surface area (Å²) in [5.41, 5.74) is 0.834. The fourth-order valence-electron chi connectivity index (χ4n) is 2.33. The van der Waals surface area contributed by atoms with Crippen LogP contribution < -0.4 is 10.6 Å². The van der Waals surface area contributed by atoms with Crippen LogP contribution >= 0.6 is 11.6 Å². The molecule has 0 aliphatic carbocycles. The van der Waals surface area contributed by atoms with Gasteiger partial charge in [-0.25, -0.2) is 0 Å². The van der Waals surface area contributed by atoms with Gasteiger partial charge in [0.1, 0.15) is 5.69 Å². The summed E-state index contributed by atoms with van der Waals surface area (Å²) < 4.78 is 0. The topological polar surface area (TPSA) is 104 Å². The Morgan fingerprint density at radius 3 is 2.46 bits per heavy atom. The van der Waals surface area contributed by atoms with Crippen LogP contribution in [0, 0.1) is 10.1 Å². The van der Waals surface area contributed by atoms with E-state index in [1.807, 2.05) is 0 Å². The highest BCUT2D eigenvalue weighted by atomic mass is 35.5. The molecule has 2 aromatic carbocycles. The van der Waals surface area contributed by atoms with Crippen LogP contribution in [0.4, 0.5) is 11.4 Å². The molecule has 138 valence electrons. The van der Waals surface area contributed by atoms with Gasteiger partial charge in [-0.3, -0.25) is 14.9 Å². The van der Waals surface area contributed by atoms with E-state index in [0.29, 0.717) is 10.6 Å². The van der Waals surface area contributed by atoms with Gasteiger partial charge < -0.3 is 15.7 Å². The standard InChI is InChI=1S/C18H20ClN3O4/c1-11(2)21-18(24)13-5-8-15(16(9-13)22(25)26)20-10-17(23)12-3-6-14(19)7-4-12/h3-9,11,17,20,23H,10H2,1-2H3,(H,21,24). The average molecular weight is 378 g/mol. The van der Waals surface area contributed by atoms with E-state index in [1.165, 1.54) is 18.2 Å². The first-order chi connectivity index (χ1) is 12.3. The Kier molecular flexibility index (Phi) is 6.54. The first-order valence-corrected chi connectivity index (χ1v) is 8.42. The molecular formula is C18H20ClN3O4. The van der Waals surface area contributed by atoms with Crippen LogP contribution in [0.1, 0.15) is 35.9 Å². The molecule has 7 nitrogen and oxygen atoms in total. The van der Waals surface area contributed by atoms with Gasteiger partial charge >= 0.3 is 0 Å². The zero-order chi connectivity index (χ0) is 19.3. The summed E-state index contributed by atoms with van der Waals surface area (Å²) in [4.78, 5) is 22.8. The molecule has 3 N–H and O–H groups in total. The van der Waals surface area contributed by atoms with Gasteiger partial charge in [-0.2, -0.15) is 0 Å². The normalized spacial score (nSPS) is 11.9. The summed E-state index contributed by atoms with van der Waals surface area (Å²) in [7, 11) is 0. The zero-order valence-electron chi connectivity index (χ0n) is 14.4. The number of benzene rings is 2. The minimum Gasteiger partial charge on any atom is -0.387 e. The molecule has 0 saturated heterocycles. The average Bonchev–Trinajstić information content (AvgIpc) is 2.59. The summed E-state index contributed by atoms with van der Waals surface area (Å²) >= 11 is 5.81. The number of nitrogens with one attached hydrogen (secondary N) is 2. The molecule has 0 saturated carbocycles. The molecule has 1 unspecified atom stereocenters. The van der Waals surface area contributed by atoms with Crippen molar-refractivity contribution in [3.05, 3.63) is 68.7 Å². The highest BCUT2D eigenvalue weighted by Crippen LogP contribution is 2.27. The van der Waals surface area contributed by atoms with Crippen molar-refractivity contribution in [1.29, 1.82) is 0 Å². The number of aliphatic hydroxyl groups excluding tert-OH is 1. The monoisotopic (exact) mass is 377 g/mol. The van der Waals surface area contributed by atoms with Crippen molar-refractivity contribution in [2.75, 3.05) is 11.9 Å². The zero-order valence-corrected chi connectivity index (χ0v) is 15.2. The molecule has 0 heterocycles. The van der Waals surface area contributed by atoms with Gasteiger partial charge in [0, 0.05) is 29.2 Å². The van der Waals surface area contributed by atoms with Gasteiger partial charge in [-0.15, -0.1) is 0 Å². The Balaban J connectivity index is 2.14. The van der Waals surface area contributed by atoms with Crippen molar-refractivity contribution in [1.82, 2.24) is 5.32 Å². The predicted octanol–water partition coefficient (Wildman–Crippen LogP) is 3.53. The van der Waals surface area contributed by atoms with Crippen LogP contribution in [0.2, 0.25) is 5.02 Å². The van der Waals surface area contributed by atoms with Gasteiger partial charge in [-0.05, 0) is 43.7 Å². The third-order valence-corrected chi connectivity index (χ3v) is 3.87. The number of nitrogens with zero attached hydrogens (tertiary/aromatic N) is 1. The lowest BCUT2D eigenvalue weighted by Gasteiger charge is -2.14. The number of nitro groups is 1. The summed E-state index contributed by atoms with van der Waals surface area (Å²) in [5, 5.41) is 27.6. The molecule has 2 rings (SSSR count). The number of anilines is 1. The van der Waals surface area contributed by atoms with E-state index in [-0.39, 0.29) is 35.4 Å². The quantitative estimate of drug-likeness (QED) is 0.505. The Labute approximate surface area is 156 Å². The lowest BCUT2D eigenvalue weighted by Crippen LogP contribution is -2.30. The highest BCUT2D eigenvalue weighted by molar-refractivity contribution is 6.30. The lowest BCUT2D eigenvalue weighted by molar-refractivity contribution is -0.384. The maximum absolute atomic E-state index is 12.0. The van der Waals surface area contributed by atoms with E-state index in [1.54, 1.807) is 38.1 Å². The summed E-state index contributed by atoms with van der Waals surface area (Å²) in [6, 6.07) is 10.8. The Bertz CT molecular complexity index is 794. The predicted molar refractivity (Wildman–Crippen MR) is 101 cm³/mol. The van der Waals surface area contributed by atoms with Crippen LogP contribution in [0.15, 0.2) is 42.5 Å². The van der Waals surface area contributed by atoms with Crippen molar-refractivity contribution in [3.8, 4) is 0 Å². The van der Waals surface area contributed by atoms with Crippen molar-refractivity contribution < 1.29 is 14.8 Å². The number of carbonyl (C=O) groups excluding carboxylic acids is 1. The van der Waals surface area contributed by atoms with Gasteiger partial charge in [0.2, 0.25) is 0 Å². The van der Waals surface area contributed by atoms with Crippen LogP contribution in [-0.2, 0) is 0 Å². The molecule has 26 heavy (non-hydrogen) atoms. The Hall–Kier alpha value is -2.64. The molecule has 0 spiro atoms. The minimum atomic E-state index is -0.865. The summed E-state index contributed by atoms with van der Waals surface area (Å²) in [6.45, 7) is 3.68. The second-order valence-electron chi connectivity index (χ2n) is 6.07. The first-order valence-electron chi connectivity index (χ1n) is 8.04. The maximum Gasteiger partial charge on any atom is 0.293 e. The molecule has 0 radical (unpaired) electrons. The summed E-state index contributed by atoms with van der Waals surface area (Å²) in [6.07, 6.45) is -0.865. The number of hydrogen-bond acceptors (Lipinski definition) is 5. The van der Waals surface area contributed by atoms with Crippen LogP contribution in [0.3, 0.4) is 0 Å². The smallest absolute Gasteiger partial charge is 0.293 e. The van der Waals surface area contributed by atoms with Crippen LogP contribution in [-0.4, -0.2) is 28.5 Å². The largest absolute Gasteiger partial charge is 0.387 e. The number of amides is 1. The third-order valence-electron chi connectivity index (χ3n) is 3.62. The molecular weight excluding hydrogens is 358 g/mol. The molecule has 1 amide bonds. The van der Waals surface area contributed by atoms with Crippen LogP contribution in [0.25, 0.3) is 0 Å². The maximum atomic E-state index is 12.0. The van der Waals surface area contributed by atoms with E-state index in [4.69, 9.17) is 11.6 Å². The molecule has 1 atom stereocenters. The number of hydrogen-bond donors (Lipinski definition) is 3. The van der Waals surface area contributed by atoms with Crippen molar-refractivity contribution >= 4 is 28.9 Å². The first kappa shape index (κ1) is 19.7. The molecule has 0 aliphatic rings. The number of nitro benzene ring substituents is 1. The van der Waals surface area contributed by atoms with E-state index in [2.05, 4.69) is 10.6 Å². The van der Waals surface area contributed by atoms with Gasteiger partial charge in [0.05, 0.1) is 11.0 Å². The third kappa shape index (κ3) is 5.18.